The van der Waals surface area contributed by atoms with Gasteiger partial charge in [-0.3, -0.25) is 9.58 Å². The summed E-state index contributed by atoms with van der Waals surface area (Å²) in [6.45, 7) is 0.827. The summed E-state index contributed by atoms with van der Waals surface area (Å²) in [5.41, 5.74) is 0.980. The highest BCUT2D eigenvalue weighted by molar-refractivity contribution is 5.90. The molecular weight excluding hydrogens is 525 g/mol. The third-order valence-corrected chi connectivity index (χ3v) is 7.88. The predicted molar refractivity (Wildman–Crippen MR) is 137 cm³/mol. The number of likely N-dealkylation sites (tertiary alicyclic amines) is 1. The van der Waals surface area contributed by atoms with Crippen molar-refractivity contribution in [3.8, 4) is 23.2 Å². The second-order valence-corrected chi connectivity index (χ2v) is 10.5. The first-order valence-corrected chi connectivity index (χ1v) is 13.1. The number of pyridine rings is 1. The summed E-state index contributed by atoms with van der Waals surface area (Å²) in [5, 5.41) is 24.5. The van der Waals surface area contributed by atoms with E-state index < -0.39 is 24.0 Å². The second kappa shape index (κ2) is 10.2. The smallest absolute Gasteiger partial charge is 0.433 e. The number of aromatic nitrogens is 6. The summed E-state index contributed by atoms with van der Waals surface area (Å²) in [6, 6.07) is 6.72. The van der Waals surface area contributed by atoms with E-state index in [9.17, 15) is 23.5 Å². The van der Waals surface area contributed by atoms with Crippen molar-refractivity contribution in [2.24, 2.45) is 0 Å². The minimum atomic E-state index is -4.62. The summed E-state index contributed by atoms with van der Waals surface area (Å²) < 4.78 is 47.3. The Bertz CT molecular complexity index is 1550. The van der Waals surface area contributed by atoms with Crippen LogP contribution in [-0.4, -0.2) is 65.0 Å². The van der Waals surface area contributed by atoms with E-state index in [-0.39, 0.29) is 23.6 Å². The number of aromatic amines is 1. The molecule has 13 heteroatoms. The number of nitrogens with zero attached hydrogens (tertiary/aromatic N) is 7. The first kappa shape index (κ1) is 26.2. The number of hydrogen-bond donors (Lipinski definition) is 2. The number of alkyl halides is 3. The molecule has 5 heterocycles. The molecule has 208 valence electrons. The average Bonchev–Trinajstić information content (AvgIpc) is 3.61. The van der Waals surface area contributed by atoms with Crippen LogP contribution in [0.1, 0.15) is 43.4 Å². The molecule has 0 bridgehead atoms. The highest BCUT2D eigenvalue weighted by Gasteiger charge is 2.48. The van der Waals surface area contributed by atoms with Crippen LogP contribution in [0.4, 0.5) is 13.2 Å². The van der Waals surface area contributed by atoms with Crippen LogP contribution < -0.4 is 4.74 Å². The lowest BCUT2D eigenvalue weighted by atomic mass is 9.82. The number of hydrogen-bond acceptors (Lipinski definition) is 8. The van der Waals surface area contributed by atoms with Crippen molar-refractivity contribution in [3.63, 3.8) is 0 Å². The average molecular weight is 553 g/mol. The van der Waals surface area contributed by atoms with Crippen LogP contribution in [0.25, 0.3) is 22.3 Å². The van der Waals surface area contributed by atoms with Gasteiger partial charge in [0.1, 0.15) is 29.3 Å². The molecule has 6 rings (SSSR count). The van der Waals surface area contributed by atoms with Crippen LogP contribution >= 0.6 is 0 Å². The maximum absolute atomic E-state index is 13.2. The monoisotopic (exact) mass is 552 g/mol. The Morgan fingerprint density at radius 3 is 2.70 bits per heavy atom. The zero-order chi connectivity index (χ0) is 27.9. The van der Waals surface area contributed by atoms with Crippen molar-refractivity contribution in [2.45, 2.75) is 62.6 Å². The highest BCUT2D eigenvalue weighted by atomic mass is 19.4. The van der Waals surface area contributed by atoms with Gasteiger partial charge in [0.15, 0.2) is 0 Å². The fourth-order valence-corrected chi connectivity index (χ4v) is 5.81. The third-order valence-electron chi connectivity index (χ3n) is 7.88. The van der Waals surface area contributed by atoms with Crippen molar-refractivity contribution in [1.29, 1.82) is 5.26 Å². The van der Waals surface area contributed by atoms with Crippen molar-refractivity contribution in [2.75, 3.05) is 13.1 Å². The number of ether oxygens (including phenoxy) is 1. The van der Waals surface area contributed by atoms with E-state index >= 15 is 0 Å². The third kappa shape index (κ3) is 4.89. The Morgan fingerprint density at radius 2 is 1.98 bits per heavy atom. The van der Waals surface area contributed by atoms with Gasteiger partial charge in [-0.1, -0.05) is 0 Å². The molecule has 0 amide bonds. The Morgan fingerprint density at radius 1 is 1.18 bits per heavy atom. The molecule has 4 aromatic heterocycles. The fraction of sp³-hybridized carbons (Fsp3) is 0.444. The maximum atomic E-state index is 13.2. The minimum Gasteiger partial charge on any atom is -0.474 e. The van der Waals surface area contributed by atoms with Crippen LogP contribution in [0.15, 0.2) is 43.1 Å². The number of H-pyrrole nitrogens is 1. The number of nitrogens with one attached hydrogen (secondary N) is 1. The molecular formula is C27H27F3N8O2. The Labute approximate surface area is 227 Å². The van der Waals surface area contributed by atoms with E-state index in [0.29, 0.717) is 32.4 Å². The molecule has 1 aliphatic heterocycles. The Hall–Kier alpha value is -4.02. The molecule has 0 atom stereocenters. The summed E-state index contributed by atoms with van der Waals surface area (Å²) in [7, 11) is 0. The number of fused-ring (bicyclic) bond motifs is 1. The van der Waals surface area contributed by atoms with Crippen LogP contribution in [0, 0.1) is 11.3 Å². The summed E-state index contributed by atoms with van der Waals surface area (Å²) in [6.07, 6.45) is 5.46. The van der Waals surface area contributed by atoms with Crippen LogP contribution in [-0.2, 0) is 18.3 Å². The van der Waals surface area contributed by atoms with Gasteiger partial charge in [0.05, 0.1) is 31.0 Å². The van der Waals surface area contributed by atoms with Crippen molar-refractivity contribution < 1.29 is 23.0 Å². The van der Waals surface area contributed by atoms with Gasteiger partial charge in [-0.15, -0.1) is 0 Å². The van der Waals surface area contributed by atoms with E-state index in [0.717, 1.165) is 41.2 Å². The lowest BCUT2D eigenvalue weighted by molar-refractivity contribution is -0.141. The molecule has 10 nitrogen and oxygen atoms in total. The van der Waals surface area contributed by atoms with Crippen LogP contribution in [0.2, 0.25) is 0 Å². The van der Waals surface area contributed by atoms with Crippen molar-refractivity contribution in [3.05, 3.63) is 54.4 Å². The van der Waals surface area contributed by atoms with E-state index in [4.69, 9.17) is 4.74 Å². The molecule has 1 saturated heterocycles. The molecule has 1 aliphatic carbocycles. The summed E-state index contributed by atoms with van der Waals surface area (Å²) >= 11 is 0. The lowest BCUT2D eigenvalue weighted by Gasteiger charge is -2.53. The van der Waals surface area contributed by atoms with E-state index in [1.54, 1.807) is 6.20 Å². The van der Waals surface area contributed by atoms with Gasteiger partial charge in [-0.25, -0.2) is 15.0 Å². The van der Waals surface area contributed by atoms with Gasteiger partial charge in [0.2, 0.25) is 5.88 Å². The van der Waals surface area contributed by atoms with Crippen LogP contribution in [0.3, 0.4) is 0 Å². The number of halogens is 3. The first-order valence-electron chi connectivity index (χ1n) is 13.1. The standard InChI is InChI=1S/C27H27F3N8O2/c28-27(29,30)22-9-17(13-39)10-23(36-22)40-20-3-1-19(2-4-20)37-14-26(15-37,6-7-31)38-12-18(11-35-38)24-21-5-8-32-25(21)34-16-33-24/h5,8-12,16,19-20,39H,1-4,6,13-15H2,(H,32,33,34). The van der Waals surface area contributed by atoms with Crippen LogP contribution in [0.5, 0.6) is 5.88 Å². The van der Waals surface area contributed by atoms with Crippen molar-refractivity contribution >= 4 is 11.0 Å². The van der Waals surface area contributed by atoms with E-state index in [1.165, 1.54) is 12.4 Å². The second-order valence-electron chi connectivity index (χ2n) is 10.5. The largest absolute Gasteiger partial charge is 0.474 e. The topological polar surface area (TPSA) is 129 Å². The van der Waals surface area contributed by atoms with Crippen molar-refractivity contribution in [1.82, 2.24) is 34.6 Å². The Balaban J connectivity index is 1.09. The normalized spacial score (nSPS) is 21.2. The molecule has 2 fully saturated rings. The SMILES string of the molecule is N#CCC1(n2cc(-c3ncnc4[nH]ccc34)cn2)CN(C2CCC(Oc3cc(CO)cc(C(F)(F)F)n3)CC2)C1. The van der Waals surface area contributed by atoms with Gasteiger partial charge in [0, 0.05) is 48.5 Å². The molecule has 2 aliphatic rings. The molecule has 0 radical (unpaired) electrons. The zero-order valence-electron chi connectivity index (χ0n) is 21.5. The van der Waals surface area contributed by atoms with Gasteiger partial charge in [-0.2, -0.15) is 23.5 Å². The fourth-order valence-electron chi connectivity index (χ4n) is 5.81. The summed E-state index contributed by atoms with van der Waals surface area (Å²) in [5.74, 6) is -0.116. The van der Waals surface area contributed by atoms with E-state index in [2.05, 4.69) is 36.0 Å². The van der Waals surface area contributed by atoms with Gasteiger partial charge < -0.3 is 14.8 Å². The van der Waals surface area contributed by atoms with E-state index in [1.807, 2.05) is 23.1 Å². The number of rotatable bonds is 7. The summed E-state index contributed by atoms with van der Waals surface area (Å²) in [4.78, 5) is 17.7. The van der Waals surface area contributed by atoms with Gasteiger partial charge in [-0.05, 0) is 43.4 Å². The molecule has 0 spiro atoms. The highest BCUT2D eigenvalue weighted by Crippen LogP contribution is 2.39. The maximum Gasteiger partial charge on any atom is 0.433 e. The zero-order valence-corrected chi connectivity index (χ0v) is 21.5. The van der Waals surface area contributed by atoms with Gasteiger partial charge in [0.25, 0.3) is 0 Å². The number of nitriles is 1. The van der Waals surface area contributed by atoms with Gasteiger partial charge >= 0.3 is 6.18 Å². The quantitative estimate of drug-likeness (QED) is 0.352. The molecule has 0 aromatic carbocycles. The first-order chi connectivity index (χ1) is 19.3. The Kier molecular flexibility index (Phi) is 6.67. The minimum absolute atomic E-state index is 0.111. The number of aliphatic hydroxyl groups excluding tert-OH is 1. The molecule has 4 aromatic rings. The molecule has 1 saturated carbocycles. The molecule has 2 N–H and O–H groups in total. The predicted octanol–water partition coefficient (Wildman–Crippen LogP) is 4.04. The molecule has 0 unspecified atom stereocenters. The lowest BCUT2D eigenvalue weighted by Crippen LogP contribution is -2.65. The molecule has 40 heavy (non-hydrogen) atoms. The number of aliphatic hydroxyl groups is 1.